The van der Waals surface area contributed by atoms with Crippen molar-refractivity contribution in [3.63, 3.8) is 0 Å². The minimum Gasteiger partial charge on any atom is -0.322 e. The number of hydrogen-bond acceptors (Lipinski definition) is 6. The fourth-order valence-corrected chi connectivity index (χ4v) is 6.78. The van der Waals surface area contributed by atoms with Crippen molar-refractivity contribution in [1.82, 2.24) is 44.1 Å². The van der Waals surface area contributed by atoms with E-state index in [1.54, 1.807) is 0 Å². The molecule has 39 heavy (non-hydrogen) atoms. The molecule has 0 unspecified atom stereocenters. The molecule has 0 atom stereocenters. The summed E-state index contributed by atoms with van der Waals surface area (Å²) in [6.07, 6.45) is 16.4. The molecular formula is C29H30FN9. The smallest absolute Gasteiger partial charge is 0.137 e. The van der Waals surface area contributed by atoms with Crippen LogP contribution in [0.2, 0.25) is 0 Å². The van der Waals surface area contributed by atoms with Crippen molar-refractivity contribution in [2.75, 3.05) is 13.6 Å². The van der Waals surface area contributed by atoms with Crippen LogP contribution in [-0.2, 0) is 26.2 Å². The van der Waals surface area contributed by atoms with Gasteiger partial charge in [-0.15, -0.1) is 5.10 Å². The Labute approximate surface area is 225 Å². The van der Waals surface area contributed by atoms with Crippen molar-refractivity contribution < 1.29 is 4.39 Å². The van der Waals surface area contributed by atoms with Crippen LogP contribution in [0.3, 0.4) is 0 Å². The molecule has 0 aromatic carbocycles. The Hall–Kier alpha value is -3.89. The molecule has 1 aliphatic heterocycles. The molecule has 198 valence electrons. The number of fused-ring (bicyclic) bond motifs is 2. The van der Waals surface area contributed by atoms with Crippen molar-refractivity contribution in [1.29, 1.82) is 0 Å². The van der Waals surface area contributed by atoms with Crippen molar-refractivity contribution in [2.24, 2.45) is 5.41 Å². The molecule has 3 saturated carbocycles. The number of aromatic nitrogens is 7. The molecule has 0 spiro atoms. The van der Waals surface area contributed by atoms with Gasteiger partial charge in [0.1, 0.15) is 17.0 Å². The molecule has 5 aromatic heterocycles. The maximum atomic E-state index is 13.7. The van der Waals surface area contributed by atoms with Gasteiger partial charge >= 0.3 is 0 Å². The highest BCUT2D eigenvalue weighted by atomic mass is 19.1. The molecule has 5 aromatic rings. The molecule has 2 bridgehead atoms. The average molecular weight is 524 g/mol. The van der Waals surface area contributed by atoms with Crippen LogP contribution in [0.15, 0.2) is 61.6 Å². The quantitative estimate of drug-likeness (QED) is 0.334. The summed E-state index contributed by atoms with van der Waals surface area (Å²) in [7, 11) is 2.14. The topological polar surface area (TPSA) is 81.1 Å². The predicted molar refractivity (Wildman–Crippen MR) is 144 cm³/mol. The second-order valence-corrected chi connectivity index (χ2v) is 11.9. The summed E-state index contributed by atoms with van der Waals surface area (Å²) in [5.74, 6) is 0. The van der Waals surface area contributed by atoms with Crippen LogP contribution >= 0.6 is 0 Å². The van der Waals surface area contributed by atoms with Gasteiger partial charge in [0.05, 0.1) is 30.3 Å². The van der Waals surface area contributed by atoms with Crippen molar-refractivity contribution in [2.45, 2.75) is 51.1 Å². The van der Waals surface area contributed by atoms with E-state index in [0.29, 0.717) is 6.54 Å². The Kier molecular flexibility index (Phi) is 4.90. The van der Waals surface area contributed by atoms with E-state index in [9.17, 15) is 4.39 Å². The summed E-state index contributed by atoms with van der Waals surface area (Å²) in [4.78, 5) is 11.5. The van der Waals surface area contributed by atoms with Crippen molar-refractivity contribution in [3.8, 4) is 16.9 Å². The lowest BCUT2D eigenvalue weighted by Crippen LogP contribution is -2.67. The number of halogens is 1. The average Bonchev–Trinajstić information content (AvgIpc) is 3.65. The summed E-state index contributed by atoms with van der Waals surface area (Å²) < 4.78 is 19.8. The lowest BCUT2D eigenvalue weighted by Gasteiger charge is -2.66. The summed E-state index contributed by atoms with van der Waals surface area (Å²) in [5.41, 5.74) is 7.84. The third-order valence-electron chi connectivity index (χ3n) is 8.53. The van der Waals surface area contributed by atoms with Gasteiger partial charge in [0, 0.05) is 62.7 Å². The van der Waals surface area contributed by atoms with Crippen LogP contribution in [0.5, 0.6) is 0 Å². The number of nitrogens with one attached hydrogen (secondary N) is 1. The maximum absolute atomic E-state index is 13.7. The molecule has 1 N–H and O–H groups in total. The van der Waals surface area contributed by atoms with Gasteiger partial charge < -0.3 is 14.3 Å². The number of pyridine rings is 2. The second-order valence-electron chi connectivity index (χ2n) is 11.9. The van der Waals surface area contributed by atoms with Gasteiger partial charge in [0.25, 0.3) is 0 Å². The lowest BCUT2D eigenvalue weighted by molar-refractivity contribution is -0.209. The zero-order valence-corrected chi connectivity index (χ0v) is 21.9. The lowest BCUT2D eigenvalue weighted by atomic mass is 9.42. The Balaban J connectivity index is 0.941. The SMILES string of the molecule is CN1Cc2cn(-c3cncc(-c4cn(Cc5cn6cc(CNCC78CC(F)(C7)C8)ccc6n5)nn4)c3)cc2C1. The highest BCUT2D eigenvalue weighted by Gasteiger charge is 2.68. The van der Waals surface area contributed by atoms with Crippen LogP contribution in [0.25, 0.3) is 22.6 Å². The van der Waals surface area contributed by atoms with Crippen molar-refractivity contribution >= 4 is 5.65 Å². The summed E-state index contributed by atoms with van der Waals surface area (Å²) in [6.45, 7) is 4.15. The van der Waals surface area contributed by atoms with Crippen LogP contribution < -0.4 is 5.32 Å². The van der Waals surface area contributed by atoms with E-state index in [2.05, 4.69) is 72.3 Å². The monoisotopic (exact) mass is 523 g/mol. The normalized spacial score (nSPS) is 23.6. The fraction of sp³-hybridized carbons (Fsp3) is 0.379. The third kappa shape index (κ3) is 4.06. The first-order valence-electron chi connectivity index (χ1n) is 13.5. The molecular weight excluding hydrogens is 493 g/mol. The highest BCUT2D eigenvalue weighted by molar-refractivity contribution is 5.60. The van der Waals surface area contributed by atoms with E-state index in [4.69, 9.17) is 4.98 Å². The number of hydrogen-bond donors (Lipinski definition) is 1. The first-order valence-corrected chi connectivity index (χ1v) is 13.5. The van der Waals surface area contributed by atoms with E-state index in [1.165, 1.54) is 16.7 Å². The zero-order valence-electron chi connectivity index (χ0n) is 21.9. The number of imidazole rings is 1. The Morgan fingerprint density at radius 3 is 2.62 bits per heavy atom. The summed E-state index contributed by atoms with van der Waals surface area (Å²) >= 11 is 0. The fourth-order valence-electron chi connectivity index (χ4n) is 6.78. The van der Waals surface area contributed by atoms with Crippen LogP contribution in [0.4, 0.5) is 4.39 Å². The number of rotatable bonds is 8. The van der Waals surface area contributed by atoms with Gasteiger partial charge in [-0.3, -0.25) is 9.88 Å². The zero-order chi connectivity index (χ0) is 26.2. The summed E-state index contributed by atoms with van der Waals surface area (Å²) in [6, 6.07) is 6.24. The van der Waals surface area contributed by atoms with Gasteiger partial charge in [-0.05, 0) is 60.5 Å². The van der Waals surface area contributed by atoms with Gasteiger partial charge in [0.2, 0.25) is 0 Å². The molecule has 6 heterocycles. The molecule has 0 saturated heterocycles. The third-order valence-corrected chi connectivity index (χ3v) is 8.53. The van der Waals surface area contributed by atoms with Gasteiger partial charge in [-0.25, -0.2) is 14.1 Å². The minimum absolute atomic E-state index is 0.217. The standard InChI is InChI=1S/C29H30FN9/c1-36-9-22-11-37(12-23(22)10-36)25-4-21(6-31-7-25)26-15-39(35-34-26)14-24-13-38-8-20(2-3-27(38)33-24)5-32-19-28-16-29(30,17-28)18-28/h2-4,6-8,11-13,15,32H,5,9-10,14,16-19H2,1H3. The molecule has 10 heteroatoms. The Morgan fingerprint density at radius 1 is 1.00 bits per heavy atom. The summed E-state index contributed by atoms with van der Waals surface area (Å²) in [5, 5.41) is 12.3. The van der Waals surface area contributed by atoms with Gasteiger partial charge in [0.15, 0.2) is 0 Å². The number of alkyl halides is 1. The van der Waals surface area contributed by atoms with E-state index in [0.717, 1.165) is 73.7 Å². The minimum atomic E-state index is -0.833. The molecule has 0 radical (unpaired) electrons. The van der Waals surface area contributed by atoms with E-state index < -0.39 is 5.67 Å². The second kappa shape index (κ2) is 8.30. The molecule has 0 amide bonds. The van der Waals surface area contributed by atoms with Crippen LogP contribution in [0.1, 0.15) is 41.6 Å². The van der Waals surface area contributed by atoms with E-state index in [-0.39, 0.29) is 5.41 Å². The number of nitrogens with zero attached hydrogens (tertiary/aromatic N) is 8. The largest absolute Gasteiger partial charge is 0.322 e. The molecule has 9 nitrogen and oxygen atoms in total. The van der Waals surface area contributed by atoms with Gasteiger partial charge in [-0.2, -0.15) is 0 Å². The molecule has 4 aliphatic rings. The van der Waals surface area contributed by atoms with E-state index in [1.807, 2.05) is 35.5 Å². The maximum Gasteiger partial charge on any atom is 0.137 e. The first kappa shape index (κ1) is 23.0. The molecule has 3 aliphatic carbocycles. The Bertz CT molecular complexity index is 1670. The predicted octanol–water partition coefficient (Wildman–Crippen LogP) is 3.75. The van der Waals surface area contributed by atoms with Gasteiger partial charge in [-0.1, -0.05) is 11.3 Å². The highest BCUT2D eigenvalue weighted by Crippen LogP contribution is 2.69. The first-order chi connectivity index (χ1) is 18.9. The van der Waals surface area contributed by atoms with Crippen molar-refractivity contribution in [3.05, 3.63) is 84.0 Å². The molecule has 3 fully saturated rings. The Morgan fingerprint density at radius 2 is 1.82 bits per heavy atom. The molecule has 9 rings (SSSR count). The van der Waals surface area contributed by atoms with Crippen LogP contribution in [0, 0.1) is 5.41 Å². The van der Waals surface area contributed by atoms with E-state index >= 15 is 0 Å². The van der Waals surface area contributed by atoms with Crippen LogP contribution in [-0.4, -0.2) is 58.1 Å².